The lowest BCUT2D eigenvalue weighted by molar-refractivity contribution is 0.0600. The summed E-state index contributed by atoms with van der Waals surface area (Å²) < 4.78 is 18.4. The molecule has 3 aromatic rings. The van der Waals surface area contributed by atoms with Gasteiger partial charge < -0.3 is 15.4 Å². The SMILES string of the molecule is COC(=O)c1cccc(NC(=O)c2cncc(Nc3ccccc3F)c2)c1. The van der Waals surface area contributed by atoms with Crippen molar-refractivity contribution < 1.29 is 18.7 Å². The zero-order valence-electron chi connectivity index (χ0n) is 14.4. The zero-order valence-corrected chi connectivity index (χ0v) is 14.4. The number of carbonyl (C=O) groups is 2. The van der Waals surface area contributed by atoms with Gasteiger partial charge in [-0.2, -0.15) is 0 Å². The van der Waals surface area contributed by atoms with Crippen molar-refractivity contribution in [2.45, 2.75) is 0 Å². The number of pyridine rings is 1. The van der Waals surface area contributed by atoms with E-state index in [1.807, 2.05) is 0 Å². The van der Waals surface area contributed by atoms with Gasteiger partial charge in [-0.3, -0.25) is 9.78 Å². The third-order valence-corrected chi connectivity index (χ3v) is 3.69. The van der Waals surface area contributed by atoms with Crippen molar-refractivity contribution in [1.82, 2.24) is 4.98 Å². The molecule has 1 aromatic heterocycles. The van der Waals surface area contributed by atoms with E-state index >= 15 is 0 Å². The van der Waals surface area contributed by atoms with Gasteiger partial charge in [0, 0.05) is 11.9 Å². The van der Waals surface area contributed by atoms with Crippen molar-refractivity contribution in [2.24, 2.45) is 0 Å². The van der Waals surface area contributed by atoms with Crippen molar-refractivity contribution in [3.8, 4) is 0 Å². The van der Waals surface area contributed by atoms with E-state index in [0.717, 1.165) is 0 Å². The molecule has 0 aliphatic heterocycles. The highest BCUT2D eigenvalue weighted by Gasteiger charge is 2.11. The maximum atomic E-state index is 13.8. The van der Waals surface area contributed by atoms with Gasteiger partial charge in [-0.25, -0.2) is 9.18 Å². The fourth-order valence-electron chi connectivity index (χ4n) is 2.40. The summed E-state index contributed by atoms with van der Waals surface area (Å²) in [6.07, 6.45) is 2.88. The number of ether oxygens (including phenoxy) is 1. The number of para-hydroxylation sites is 1. The Bertz CT molecular complexity index is 991. The quantitative estimate of drug-likeness (QED) is 0.668. The Morgan fingerprint density at radius 2 is 1.74 bits per heavy atom. The van der Waals surface area contributed by atoms with Crippen LogP contribution in [0.15, 0.2) is 67.0 Å². The van der Waals surface area contributed by atoms with Crippen LogP contribution in [0.1, 0.15) is 20.7 Å². The van der Waals surface area contributed by atoms with Crippen LogP contribution in [0.2, 0.25) is 0 Å². The Balaban J connectivity index is 1.76. The summed E-state index contributed by atoms with van der Waals surface area (Å²) >= 11 is 0. The van der Waals surface area contributed by atoms with Gasteiger partial charge in [0.2, 0.25) is 0 Å². The van der Waals surface area contributed by atoms with E-state index in [1.54, 1.807) is 42.5 Å². The number of hydrogen-bond donors (Lipinski definition) is 2. The molecule has 2 N–H and O–H groups in total. The first kappa shape index (κ1) is 18.1. The maximum Gasteiger partial charge on any atom is 0.337 e. The minimum atomic E-state index is -0.496. The average molecular weight is 365 g/mol. The van der Waals surface area contributed by atoms with Gasteiger partial charge in [0.1, 0.15) is 5.82 Å². The van der Waals surface area contributed by atoms with Crippen molar-refractivity contribution in [1.29, 1.82) is 0 Å². The van der Waals surface area contributed by atoms with Gasteiger partial charge in [-0.15, -0.1) is 0 Å². The summed E-state index contributed by atoms with van der Waals surface area (Å²) in [6, 6.07) is 14.1. The molecular weight excluding hydrogens is 349 g/mol. The summed E-state index contributed by atoms with van der Waals surface area (Å²) in [5.41, 5.74) is 1.79. The van der Waals surface area contributed by atoms with E-state index in [2.05, 4.69) is 20.4 Å². The standard InChI is InChI=1S/C20H16FN3O3/c1-27-20(26)13-5-4-6-15(9-13)24-19(25)14-10-16(12-22-11-14)23-18-8-3-2-7-17(18)21/h2-12,23H,1H3,(H,24,25). The Kier molecular flexibility index (Phi) is 5.41. The monoisotopic (exact) mass is 365 g/mol. The second-order valence-electron chi connectivity index (χ2n) is 5.59. The molecule has 2 aromatic carbocycles. The molecular formula is C20H16FN3O3. The van der Waals surface area contributed by atoms with Gasteiger partial charge in [-0.05, 0) is 36.4 Å². The smallest absolute Gasteiger partial charge is 0.337 e. The number of carbonyl (C=O) groups excluding carboxylic acids is 2. The first-order chi connectivity index (χ1) is 13.1. The summed E-state index contributed by atoms with van der Waals surface area (Å²) in [5.74, 6) is -1.32. The first-order valence-electron chi connectivity index (χ1n) is 8.03. The summed E-state index contributed by atoms with van der Waals surface area (Å²) in [6.45, 7) is 0. The van der Waals surface area contributed by atoms with Crippen LogP contribution in [0.3, 0.4) is 0 Å². The second kappa shape index (κ2) is 8.09. The minimum Gasteiger partial charge on any atom is -0.465 e. The Labute approximate surface area is 155 Å². The number of nitrogens with one attached hydrogen (secondary N) is 2. The molecule has 1 amide bonds. The molecule has 6 nitrogen and oxygen atoms in total. The Hall–Kier alpha value is -3.74. The minimum absolute atomic E-state index is 0.278. The molecule has 0 radical (unpaired) electrons. The summed E-state index contributed by atoms with van der Waals surface area (Å²) in [5, 5.41) is 5.58. The fourth-order valence-corrected chi connectivity index (χ4v) is 2.40. The van der Waals surface area contributed by atoms with E-state index in [9.17, 15) is 14.0 Å². The molecule has 0 saturated heterocycles. The number of esters is 1. The van der Waals surface area contributed by atoms with Crippen molar-refractivity contribution in [2.75, 3.05) is 17.7 Å². The van der Waals surface area contributed by atoms with Crippen LogP contribution in [0.4, 0.5) is 21.5 Å². The van der Waals surface area contributed by atoms with E-state index in [4.69, 9.17) is 0 Å². The van der Waals surface area contributed by atoms with Crippen molar-refractivity contribution in [3.05, 3.63) is 83.9 Å². The maximum absolute atomic E-state index is 13.8. The molecule has 1 heterocycles. The molecule has 0 aliphatic carbocycles. The molecule has 0 aliphatic rings. The zero-order chi connectivity index (χ0) is 19.2. The lowest BCUT2D eigenvalue weighted by Crippen LogP contribution is -2.13. The number of rotatable bonds is 5. The van der Waals surface area contributed by atoms with Crippen LogP contribution in [0.25, 0.3) is 0 Å². The fraction of sp³-hybridized carbons (Fsp3) is 0.0500. The predicted octanol–water partition coefficient (Wildman–Crippen LogP) is 4.00. The van der Waals surface area contributed by atoms with E-state index in [-0.39, 0.29) is 11.3 Å². The Morgan fingerprint density at radius 3 is 2.52 bits per heavy atom. The second-order valence-corrected chi connectivity index (χ2v) is 5.59. The van der Waals surface area contributed by atoms with E-state index in [0.29, 0.717) is 16.9 Å². The van der Waals surface area contributed by atoms with Crippen molar-refractivity contribution in [3.63, 3.8) is 0 Å². The largest absolute Gasteiger partial charge is 0.465 e. The number of halogens is 1. The molecule has 0 atom stereocenters. The third-order valence-electron chi connectivity index (χ3n) is 3.69. The number of amides is 1. The number of methoxy groups -OCH3 is 1. The summed E-state index contributed by atoms with van der Waals surface area (Å²) in [7, 11) is 1.29. The van der Waals surface area contributed by atoms with Crippen LogP contribution >= 0.6 is 0 Å². The van der Waals surface area contributed by atoms with Gasteiger partial charge >= 0.3 is 5.97 Å². The lowest BCUT2D eigenvalue weighted by Gasteiger charge is -2.10. The van der Waals surface area contributed by atoms with Crippen LogP contribution in [-0.4, -0.2) is 24.0 Å². The molecule has 136 valence electrons. The molecule has 7 heteroatoms. The molecule has 0 bridgehead atoms. The van der Waals surface area contributed by atoms with Crippen molar-refractivity contribution >= 4 is 28.9 Å². The van der Waals surface area contributed by atoms with Crippen LogP contribution in [-0.2, 0) is 4.74 Å². The molecule has 3 rings (SSSR count). The van der Waals surface area contributed by atoms with Gasteiger partial charge in [0.15, 0.2) is 0 Å². The van der Waals surface area contributed by atoms with Gasteiger partial charge in [0.05, 0.1) is 35.8 Å². The highest BCUT2D eigenvalue weighted by molar-refractivity contribution is 6.05. The number of anilines is 3. The summed E-state index contributed by atoms with van der Waals surface area (Å²) in [4.78, 5) is 28.1. The van der Waals surface area contributed by atoms with Gasteiger partial charge in [0.25, 0.3) is 5.91 Å². The lowest BCUT2D eigenvalue weighted by atomic mass is 10.2. The van der Waals surface area contributed by atoms with E-state index < -0.39 is 17.7 Å². The molecule has 0 fully saturated rings. The topological polar surface area (TPSA) is 80.3 Å². The normalized spacial score (nSPS) is 10.1. The predicted molar refractivity (Wildman–Crippen MR) is 99.7 cm³/mol. The Morgan fingerprint density at radius 1 is 0.963 bits per heavy atom. The number of benzene rings is 2. The number of hydrogen-bond acceptors (Lipinski definition) is 5. The van der Waals surface area contributed by atoms with Crippen LogP contribution in [0.5, 0.6) is 0 Å². The molecule has 27 heavy (non-hydrogen) atoms. The van der Waals surface area contributed by atoms with Gasteiger partial charge in [-0.1, -0.05) is 18.2 Å². The highest BCUT2D eigenvalue weighted by Crippen LogP contribution is 2.20. The molecule has 0 unspecified atom stereocenters. The van der Waals surface area contributed by atoms with Crippen LogP contribution in [0, 0.1) is 5.82 Å². The first-order valence-corrected chi connectivity index (χ1v) is 8.03. The molecule has 0 spiro atoms. The van der Waals surface area contributed by atoms with E-state index in [1.165, 1.54) is 31.6 Å². The highest BCUT2D eigenvalue weighted by atomic mass is 19.1. The average Bonchev–Trinajstić information content (AvgIpc) is 2.69. The van der Waals surface area contributed by atoms with Crippen LogP contribution < -0.4 is 10.6 Å². The number of aromatic nitrogens is 1. The number of nitrogens with zero attached hydrogens (tertiary/aromatic N) is 1. The molecule has 0 saturated carbocycles. The third kappa shape index (κ3) is 4.46.